The average Bonchev–Trinajstić information content (AvgIpc) is 2.24. The van der Waals surface area contributed by atoms with Crippen LogP contribution in [0.1, 0.15) is 33.3 Å². The van der Waals surface area contributed by atoms with E-state index in [9.17, 15) is 13.2 Å². The monoisotopic (exact) mass is 274 g/mol. The Morgan fingerprint density at radius 3 is 2.26 bits per heavy atom. The Labute approximate surface area is 112 Å². The summed E-state index contributed by atoms with van der Waals surface area (Å²) in [4.78, 5) is 0. The van der Waals surface area contributed by atoms with Crippen LogP contribution in [-0.4, -0.2) is 6.54 Å². The van der Waals surface area contributed by atoms with Crippen LogP contribution >= 0.6 is 0 Å². The van der Waals surface area contributed by atoms with Crippen LogP contribution in [0.15, 0.2) is 18.2 Å². The van der Waals surface area contributed by atoms with Crippen LogP contribution in [-0.2, 0) is 6.18 Å². The van der Waals surface area contributed by atoms with Gasteiger partial charge in [0.05, 0.1) is 5.56 Å². The summed E-state index contributed by atoms with van der Waals surface area (Å²) >= 11 is 0. The van der Waals surface area contributed by atoms with Crippen molar-refractivity contribution in [2.75, 3.05) is 17.6 Å². The quantitative estimate of drug-likeness (QED) is 0.803. The zero-order chi connectivity index (χ0) is 14.8. The number of nitrogen functional groups attached to an aromatic ring is 1. The molecule has 1 atom stereocenters. The van der Waals surface area contributed by atoms with Gasteiger partial charge < -0.3 is 11.1 Å². The molecule has 108 valence electrons. The third-order valence-corrected chi connectivity index (χ3v) is 3.45. The Hall–Kier alpha value is -1.39. The van der Waals surface area contributed by atoms with Gasteiger partial charge in [-0.25, -0.2) is 0 Å². The number of rotatable bonds is 3. The number of anilines is 2. The minimum Gasteiger partial charge on any atom is -0.398 e. The van der Waals surface area contributed by atoms with E-state index in [0.29, 0.717) is 18.2 Å². The second-order valence-electron chi connectivity index (χ2n) is 5.95. The van der Waals surface area contributed by atoms with E-state index in [1.165, 1.54) is 6.07 Å². The van der Waals surface area contributed by atoms with Gasteiger partial charge in [0.1, 0.15) is 0 Å². The minimum atomic E-state index is -4.42. The van der Waals surface area contributed by atoms with E-state index >= 15 is 0 Å². The molecular weight excluding hydrogens is 253 g/mol. The predicted octanol–water partition coefficient (Wildman–Crippen LogP) is 4.38. The molecule has 0 saturated carbocycles. The molecular formula is C14H21F3N2. The number of halogens is 3. The molecule has 1 rings (SSSR count). The van der Waals surface area contributed by atoms with Crippen molar-refractivity contribution in [1.82, 2.24) is 0 Å². The Kier molecular flexibility index (Phi) is 4.38. The van der Waals surface area contributed by atoms with Crippen molar-refractivity contribution in [3.05, 3.63) is 23.8 Å². The molecule has 0 aromatic heterocycles. The zero-order valence-corrected chi connectivity index (χ0v) is 11.7. The molecule has 1 unspecified atom stereocenters. The molecule has 3 N–H and O–H groups in total. The first-order valence-electron chi connectivity index (χ1n) is 6.22. The van der Waals surface area contributed by atoms with E-state index < -0.39 is 11.7 Å². The maximum absolute atomic E-state index is 12.7. The predicted molar refractivity (Wildman–Crippen MR) is 73.0 cm³/mol. The second kappa shape index (κ2) is 5.31. The molecule has 0 aliphatic rings. The summed E-state index contributed by atoms with van der Waals surface area (Å²) in [7, 11) is 0. The SMILES string of the molecule is CC(CNc1ccc(N)c(C(F)(F)F)c1)C(C)(C)C. The highest BCUT2D eigenvalue weighted by molar-refractivity contribution is 5.58. The molecule has 0 aliphatic heterocycles. The topological polar surface area (TPSA) is 38.0 Å². The normalized spacial score (nSPS) is 14.3. The van der Waals surface area contributed by atoms with Crippen LogP contribution in [0.5, 0.6) is 0 Å². The lowest BCUT2D eigenvalue weighted by atomic mass is 9.82. The molecule has 0 heterocycles. The van der Waals surface area contributed by atoms with E-state index in [1.807, 2.05) is 0 Å². The summed E-state index contributed by atoms with van der Waals surface area (Å²) in [6, 6.07) is 3.91. The summed E-state index contributed by atoms with van der Waals surface area (Å²) in [6.45, 7) is 8.98. The van der Waals surface area contributed by atoms with Crippen LogP contribution < -0.4 is 11.1 Å². The third kappa shape index (κ3) is 4.33. The number of nitrogens with two attached hydrogens (primary N) is 1. The maximum Gasteiger partial charge on any atom is 0.418 e. The van der Waals surface area contributed by atoms with Crippen molar-refractivity contribution in [3.8, 4) is 0 Å². The molecule has 0 amide bonds. The van der Waals surface area contributed by atoms with E-state index in [4.69, 9.17) is 5.73 Å². The highest BCUT2D eigenvalue weighted by atomic mass is 19.4. The van der Waals surface area contributed by atoms with Crippen LogP contribution in [0.3, 0.4) is 0 Å². The highest BCUT2D eigenvalue weighted by Crippen LogP contribution is 2.35. The van der Waals surface area contributed by atoms with Crippen molar-refractivity contribution in [2.45, 2.75) is 33.9 Å². The Morgan fingerprint density at radius 1 is 1.21 bits per heavy atom. The minimum absolute atomic E-state index is 0.105. The van der Waals surface area contributed by atoms with Gasteiger partial charge in [-0.2, -0.15) is 13.2 Å². The fraction of sp³-hybridized carbons (Fsp3) is 0.571. The first kappa shape index (κ1) is 15.7. The van der Waals surface area contributed by atoms with Gasteiger partial charge in [-0.3, -0.25) is 0 Å². The third-order valence-electron chi connectivity index (χ3n) is 3.45. The standard InChI is InChI=1S/C14H21F3N2/c1-9(13(2,3)4)8-19-10-5-6-12(18)11(7-10)14(15,16)17/h5-7,9,19H,8,18H2,1-4H3. The van der Waals surface area contributed by atoms with Crippen LogP contribution in [0.25, 0.3) is 0 Å². The van der Waals surface area contributed by atoms with Crippen molar-refractivity contribution in [1.29, 1.82) is 0 Å². The largest absolute Gasteiger partial charge is 0.418 e. The van der Waals surface area contributed by atoms with Gasteiger partial charge in [0.2, 0.25) is 0 Å². The van der Waals surface area contributed by atoms with Gasteiger partial charge in [0.15, 0.2) is 0 Å². The molecule has 0 fully saturated rings. The van der Waals surface area contributed by atoms with Crippen LogP contribution in [0.4, 0.5) is 24.5 Å². The van der Waals surface area contributed by atoms with Gasteiger partial charge in [-0.1, -0.05) is 27.7 Å². The molecule has 5 heteroatoms. The first-order valence-corrected chi connectivity index (χ1v) is 6.22. The van der Waals surface area contributed by atoms with Crippen LogP contribution in [0.2, 0.25) is 0 Å². The molecule has 1 aromatic rings. The van der Waals surface area contributed by atoms with Crippen molar-refractivity contribution >= 4 is 11.4 Å². The molecule has 2 nitrogen and oxygen atoms in total. The number of nitrogens with one attached hydrogen (secondary N) is 1. The van der Waals surface area contributed by atoms with Crippen LogP contribution in [0, 0.1) is 11.3 Å². The van der Waals surface area contributed by atoms with Gasteiger partial charge in [-0.05, 0) is 29.5 Å². The van der Waals surface area contributed by atoms with E-state index in [2.05, 4.69) is 33.0 Å². The first-order chi connectivity index (χ1) is 8.51. The molecule has 1 aromatic carbocycles. The molecule has 0 spiro atoms. The van der Waals surface area contributed by atoms with E-state index in [1.54, 1.807) is 6.07 Å². The van der Waals surface area contributed by atoms with Crippen molar-refractivity contribution in [2.24, 2.45) is 11.3 Å². The molecule has 0 aliphatic carbocycles. The smallest absolute Gasteiger partial charge is 0.398 e. The Morgan fingerprint density at radius 2 is 1.79 bits per heavy atom. The summed E-state index contributed by atoms with van der Waals surface area (Å²) < 4.78 is 38.1. The van der Waals surface area contributed by atoms with Gasteiger partial charge in [0, 0.05) is 17.9 Å². The number of hydrogen-bond donors (Lipinski definition) is 2. The molecule has 0 radical (unpaired) electrons. The molecule has 0 bridgehead atoms. The lowest BCUT2D eigenvalue weighted by Gasteiger charge is -2.27. The van der Waals surface area contributed by atoms with E-state index in [-0.39, 0.29) is 11.1 Å². The Bertz CT molecular complexity index is 433. The maximum atomic E-state index is 12.7. The number of hydrogen-bond acceptors (Lipinski definition) is 2. The van der Waals surface area contributed by atoms with Gasteiger partial charge in [0.25, 0.3) is 0 Å². The molecule has 19 heavy (non-hydrogen) atoms. The van der Waals surface area contributed by atoms with Gasteiger partial charge in [-0.15, -0.1) is 0 Å². The number of alkyl halides is 3. The second-order valence-corrected chi connectivity index (χ2v) is 5.95. The average molecular weight is 274 g/mol. The zero-order valence-electron chi connectivity index (χ0n) is 11.7. The Balaban J connectivity index is 2.82. The number of benzene rings is 1. The highest BCUT2D eigenvalue weighted by Gasteiger charge is 2.33. The lowest BCUT2D eigenvalue weighted by Crippen LogP contribution is -2.25. The van der Waals surface area contributed by atoms with Crippen molar-refractivity contribution < 1.29 is 13.2 Å². The fourth-order valence-electron chi connectivity index (χ4n) is 1.49. The van der Waals surface area contributed by atoms with Gasteiger partial charge >= 0.3 is 6.18 Å². The summed E-state index contributed by atoms with van der Waals surface area (Å²) in [6.07, 6.45) is -4.42. The summed E-state index contributed by atoms with van der Waals surface area (Å²) in [5.41, 5.74) is 4.86. The fourth-order valence-corrected chi connectivity index (χ4v) is 1.49. The van der Waals surface area contributed by atoms with E-state index in [0.717, 1.165) is 6.07 Å². The van der Waals surface area contributed by atoms with Crippen molar-refractivity contribution in [3.63, 3.8) is 0 Å². The lowest BCUT2D eigenvalue weighted by molar-refractivity contribution is -0.136. The summed E-state index contributed by atoms with van der Waals surface area (Å²) in [5.74, 6) is 0.333. The summed E-state index contributed by atoms with van der Waals surface area (Å²) in [5, 5.41) is 3.04. The molecule has 0 saturated heterocycles.